The Hall–Kier alpha value is -2.23. The highest BCUT2D eigenvalue weighted by atomic mass is 16.5. The van der Waals surface area contributed by atoms with Crippen LogP contribution in [0.3, 0.4) is 0 Å². The molecule has 0 amide bonds. The average Bonchev–Trinajstić information content (AvgIpc) is 2.72. The Morgan fingerprint density at radius 2 is 2.19 bits per heavy atom. The van der Waals surface area contributed by atoms with Crippen LogP contribution in [0, 0.1) is 6.92 Å². The van der Waals surface area contributed by atoms with Gasteiger partial charge in [0.25, 0.3) is 0 Å². The van der Waals surface area contributed by atoms with E-state index in [1.54, 1.807) is 13.3 Å². The minimum atomic E-state index is 0.248. The van der Waals surface area contributed by atoms with Gasteiger partial charge in [0.1, 0.15) is 5.75 Å². The Labute approximate surface area is 125 Å². The predicted molar refractivity (Wildman–Crippen MR) is 83.1 cm³/mol. The van der Waals surface area contributed by atoms with Crippen molar-refractivity contribution in [3.05, 3.63) is 47.7 Å². The molecule has 1 atom stereocenters. The van der Waals surface area contributed by atoms with Crippen molar-refractivity contribution in [1.29, 1.82) is 0 Å². The van der Waals surface area contributed by atoms with Crippen molar-refractivity contribution in [3.63, 3.8) is 0 Å². The fourth-order valence-corrected chi connectivity index (χ4v) is 2.70. The maximum atomic E-state index is 5.91. The number of hydrogen-bond donors (Lipinski definition) is 1. The maximum Gasteiger partial charge on any atom is 0.213 e. The summed E-state index contributed by atoms with van der Waals surface area (Å²) in [5.41, 5.74) is 3.41. The van der Waals surface area contributed by atoms with Gasteiger partial charge in [-0.15, -0.1) is 0 Å². The molecule has 21 heavy (non-hydrogen) atoms. The maximum absolute atomic E-state index is 5.91. The van der Waals surface area contributed by atoms with Crippen molar-refractivity contribution < 1.29 is 9.47 Å². The van der Waals surface area contributed by atoms with Gasteiger partial charge in [0.15, 0.2) is 0 Å². The first kappa shape index (κ1) is 13.7. The van der Waals surface area contributed by atoms with Crippen molar-refractivity contribution in [2.75, 3.05) is 19.0 Å². The second-order valence-corrected chi connectivity index (χ2v) is 5.27. The first-order valence-corrected chi connectivity index (χ1v) is 7.27. The van der Waals surface area contributed by atoms with Crippen LogP contribution in [0.1, 0.15) is 30.0 Å². The lowest BCUT2D eigenvalue weighted by Gasteiger charge is -2.20. The molecule has 1 aliphatic heterocycles. The number of nitrogens with zero attached hydrogens (tertiary/aromatic N) is 1. The molecular formula is C17H20N2O2. The lowest BCUT2D eigenvalue weighted by Crippen LogP contribution is -2.10. The van der Waals surface area contributed by atoms with Crippen LogP contribution in [-0.4, -0.2) is 18.7 Å². The van der Waals surface area contributed by atoms with Gasteiger partial charge in [-0.3, -0.25) is 0 Å². The summed E-state index contributed by atoms with van der Waals surface area (Å²) in [4.78, 5) is 4.24. The van der Waals surface area contributed by atoms with Gasteiger partial charge in [-0.2, -0.15) is 0 Å². The summed E-state index contributed by atoms with van der Waals surface area (Å²) < 4.78 is 11.0. The monoisotopic (exact) mass is 284 g/mol. The van der Waals surface area contributed by atoms with E-state index < -0.39 is 0 Å². The zero-order chi connectivity index (χ0) is 14.7. The molecule has 4 nitrogen and oxygen atoms in total. The number of hydrogen-bond acceptors (Lipinski definition) is 4. The van der Waals surface area contributed by atoms with E-state index >= 15 is 0 Å². The third-order valence-corrected chi connectivity index (χ3v) is 3.79. The van der Waals surface area contributed by atoms with E-state index in [1.165, 1.54) is 11.1 Å². The normalized spacial score (nSPS) is 17.3. The van der Waals surface area contributed by atoms with E-state index in [0.717, 1.165) is 30.9 Å². The van der Waals surface area contributed by atoms with Gasteiger partial charge >= 0.3 is 0 Å². The Balaban J connectivity index is 1.86. The molecular weight excluding hydrogens is 264 g/mol. The molecule has 0 saturated heterocycles. The fourth-order valence-electron chi connectivity index (χ4n) is 2.70. The van der Waals surface area contributed by atoms with Crippen LogP contribution in [0.25, 0.3) is 0 Å². The summed E-state index contributed by atoms with van der Waals surface area (Å²) in [6, 6.07) is 10.4. The highest BCUT2D eigenvalue weighted by Gasteiger charge is 2.20. The second-order valence-electron chi connectivity index (χ2n) is 5.27. The van der Waals surface area contributed by atoms with Crippen LogP contribution in [0.2, 0.25) is 0 Å². The molecule has 0 fully saturated rings. The molecule has 4 heteroatoms. The van der Waals surface area contributed by atoms with Crippen molar-refractivity contribution in [3.8, 4) is 11.6 Å². The predicted octanol–water partition coefficient (Wildman–Crippen LogP) is 3.72. The summed E-state index contributed by atoms with van der Waals surface area (Å²) in [6.07, 6.45) is 3.89. The first-order valence-electron chi connectivity index (χ1n) is 7.27. The van der Waals surface area contributed by atoms with Gasteiger partial charge in [0.05, 0.1) is 31.6 Å². The van der Waals surface area contributed by atoms with E-state index in [2.05, 4.69) is 35.4 Å². The summed E-state index contributed by atoms with van der Waals surface area (Å²) in [5, 5.41) is 3.56. The van der Waals surface area contributed by atoms with Crippen LogP contribution < -0.4 is 14.8 Å². The van der Waals surface area contributed by atoms with Crippen LogP contribution >= 0.6 is 0 Å². The number of para-hydroxylation sites is 1. The molecule has 1 aromatic heterocycles. The van der Waals surface area contributed by atoms with E-state index in [-0.39, 0.29) is 6.04 Å². The highest BCUT2D eigenvalue weighted by Crippen LogP contribution is 2.35. The molecule has 3 rings (SSSR count). The summed E-state index contributed by atoms with van der Waals surface area (Å²) >= 11 is 0. The van der Waals surface area contributed by atoms with Crippen LogP contribution in [-0.2, 0) is 0 Å². The van der Waals surface area contributed by atoms with Crippen molar-refractivity contribution in [2.24, 2.45) is 0 Å². The fraction of sp³-hybridized carbons (Fsp3) is 0.353. The van der Waals surface area contributed by atoms with Gasteiger partial charge < -0.3 is 14.8 Å². The minimum Gasteiger partial charge on any atom is -0.493 e. The van der Waals surface area contributed by atoms with Gasteiger partial charge in [0, 0.05) is 11.6 Å². The molecule has 0 spiro atoms. The number of benzene rings is 1. The van der Waals surface area contributed by atoms with Crippen molar-refractivity contribution in [2.45, 2.75) is 25.8 Å². The van der Waals surface area contributed by atoms with Gasteiger partial charge in [-0.1, -0.05) is 18.2 Å². The van der Waals surface area contributed by atoms with Gasteiger partial charge in [-0.25, -0.2) is 4.98 Å². The van der Waals surface area contributed by atoms with Crippen LogP contribution in [0.15, 0.2) is 36.5 Å². The first-order chi connectivity index (χ1) is 10.3. The topological polar surface area (TPSA) is 43.4 Å². The molecule has 0 aliphatic carbocycles. The number of rotatable bonds is 3. The molecule has 1 N–H and O–H groups in total. The number of pyridine rings is 1. The van der Waals surface area contributed by atoms with E-state index in [9.17, 15) is 0 Å². The standard InChI is InChI=1S/C17H20N2O2/c1-12-5-3-6-14-15(7-4-10-21-17(12)14)19-13-8-9-16(20-2)18-11-13/h3,5-6,8-9,11,15,19H,4,7,10H2,1-2H3. The number of aromatic nitrogens is 1. The summed E-state index contributed by atoms with van der Waals surface area (Å²) in [5.74, 6) is 1.65. The number of nitrogens with one attached hydrogen (secondary N) is 1. The van der Waals surface area contributed by atoms with Crippen LogP contribution in [0.4, 0.5) is 5.69 Å². The molecule has 2 heterocycles. The Morgan fingerprint density at radius 3 is 2.95 bits per heavy atom. The van der Waals surface area contributed by atoms with Gasteiger partial charge in [0.2, 0.25) is 5.88 Å². The Kier molecular flexibility index (Phi) is 3.95. The number of aryl methyl sites for hydroxylation is 1. The van der Waals surface area contributed by atoms with Gasteiger partial charge in [-0.05, 0) is 31.4 Å². The summed E-state index contributed by atoms with van der Waals surface area (Å²) in [7, 11) is 1.62. The Morgan fingerprint density at radius 1 is 1.29 bits per heavy atom. The number of anilines is 1. The van der Waals surface area contributed by atoms with E-state index in [1.807, 2.05) is 12.1 Å². The summed E-state index contributed by atoms with van der Waals surface area (Å²) in [6.45, 7) is 2.87. The third kappa shape index (κ3) is 2.94. The van der Waals surface area contributed by atoms with Crippen molar-refractivity contribution in [1.82, 2.24) is 4.98 Å². The van der Waals surface area contributed by atoms with E-state index in [0.29, 0.717) is 5.88 Å². The molecule has 1 aromatic carbocycles. The quantitative estimate of drug-likeness (QED) is 0.932. The second kappa shape index (κ2) is 6.04. The molecule has 0 radical (unpaired) electrons. The number of fused-ring (bicyclic) bond motifs is 1. The number of methoxy groups -OCH3 is 1. The average molecular weight is 284 g/mol. The molecule has 0 bridgehead atoms. The molecule has 2 aromatic rings. The van der Waals surface area contributed by atoms with Crippen molar-refractivity contribution >= 4 is 5.69 Å². The lowest BCUT2D eigenvalue weighted by molar-refractivity contribution is 0.314. The molecule has 1 unspecified atom stereocenters. The molecule has 1 aliphatic rings. The van der Waals surface area contributed by atoms with E-state index in [4.69, 9.17) is 9.47 Å². The zero-order valence-corrected chi connectivity index (χ0v) is 12.4. The zero-order valence-electron chi connectivity index (χ0n) is 12.4. The Bertz CT molecular complexity index is 611. The molecule has 0 saturated carbocycles. The number of ether oxygens (including phenoxy) is 2. The smallest absolute Gasteiger partial charge is 0.213 e. The van der Waals surface area contributed by atoms with Crippen LogP contribution in [0.5, 0.6) is 11.6 Å². The third-order valence-electron chi connectivity index (χ3n) is 3.79. The largest absolute Gasteiger partial charge is 0.493 e. The molecule has 110 valence electrons. The minimum absolute atomic E-state index is 0.248. The lowest BCUT2D eigenvalue weighted by atomic mass is 9.99. The SMILES string of the molecule is COc1ccc(NC2CCCOc3c(C)cccc32)cn1. The highest BCUT2D eigenvalue weighted by molar-refractivity contribution is 5.49.